The second kappa shape index (κ2) is 7.27. The standard InChI is InChI=1S/C19H24N4/c1-15-6-5-11-23(14-15)19(20)22-13-16-7-4-8-17(12-16)18-9-2-3-10-21-18/h2-4,7-10,12,15H,5-6,11,13-14H2,1H3,(H2,20,22). The third kappa shape index (κ3) is 4.09. The lowest BCUT2D eigenvalue weighted by Crippen LogP contribution is -2.43. The highest BCUT2D eigenvalue weighted by Crippen LogP contribution is 2.19. The van der Waals surface area contributed by atoms with Gasteiger partial charge in [-0.3, -0.25) is 4.98 Å². The van der Waals surface area contributed by atoms with Crippen LogP contribution >= 0.6 is 0 Å². The second-order valence-electron chi connectivity index (χ2n) is 6.28. The Morgan fingerprint density at radius 3 is 3.00 bits per heavy atom. The molecule has 0 radical (unpaired) electrons. The van der Waals surface area contributed by atoms with Gasteiger partial charge in [0.1, 0.15) is 0 Å². The zero-order chi connectivity index (χ0) is 16.1. The first-order chi connectivity index (χ1) is 11.2. The van der Waals surface area contributed by atoms with Crippen LogP contribution in [0.4, 0.5) is 0 Å². The SMILES string of the molecule is CC1CCCN(C(N)=NCc2cccc(-c3ccccn3)c2)C1. The molecule has 1 fully saturated rings. The number of benzene rings is 1. The number of rotatable bonds is 3. The van der Waals surface area contributed by atoms with Crippen molar-refractivity contribution in [2.75, 3.05) is 13.1 Å². The molecule has 0 spiro atoms. The molecule has 1 saturated heterocycles. The third-order valence-corrected chi connectivity index (χ3v) is 4.29. The normalized spacial score (nSPS) is 18.9. The van der Waals surface area contributed by atoms with E-state index in [-0.39, 0.29) is 0 Å². The molecule has 4 nitrogen and oxygen atoms in total. The molecule has 2 N–H and O–H groups in total. The van der Waals surface area contributed by atoms with E-state index in [0.29, 0.717) is 18.4 Å². The Morgan fingerprint density at radius 1 is 1.30 bits per heavy atom. The van der Waals surface area contributed by atoms with Crippen molar-refractivity contribution in [1.29, 1.82) is 0 Å². The maximum absolute atomic E-state index is 6.17. The van der Waals surface area contributed by atoms with Crippen molar-refractivity contribution in [3.63, 3.8) is 0 Å². The molecule has 0 bridgehead atoms. The molecule has 0 saturated carbocycles. The largest absolute Gasteiger partial charge is 0.370 e. The minimum absolute atomic E-state index is 0.609. The Hall–Kier alpha value is -2.36. The number of aromatic nitrogens is 1. The minimum atomic E-state index is 0.609. The fraction of sp³-hybridized carbons (Fsp3) is 0.368. The van der Waals surface area contributed by atoms with E-state index in [1.54, 1.807) is 0 Å². The van der Waals surface area contributed by atoms with E-state index in [9.17, 15) is 0 Å². The molecule has 23 heavy (non-hydrogen) atoms. The lowest BCUT2D eigenvalue weighted by atomic mass is 10.0. The maximum atomic E-state index is 6.17. The average molecular weight is 308 g/mol. The predicted octanol–water partition coefficient (Wildman–Crippen LogP) is 3.30. The molecular weight excluding hydrogens is 284 g/mol. The zero-order valence-electron chi connectivity index (χ0n) is 13.7. The van der Waals surface area contributed by atoms with Gasteiger partial charge in [0.15, 0.2) is 5.96 Å². The molecule has 0 amide bonds. The smallest absolute Gasteiger partial charge is 0.191 e. The number of aliphatic imine (C=N–C) groups is 1. The monoisotopic (exact) mass is 308 g/mol. The summed E-state index contributed by atoms with van der Waals surface area (Å²) in [4.78, 5) is 11.2. The van der Waals surface area contributed by atoms with Crippen LogP contribution < -0.4 is 5.73 Å². The molecule has 120 valence electrons. The number of likely N-dealkylation sites (tertiary alicyclic amines) is 1. The molecule has 2 aromatic rings. The number of piperidine rings is 1. The van der Waals surface area contributed by atoms with Crippen LogP contribution in [0.5, 0.6) is 0 Å². The fourth-order valence-corrected chi connectivity index (χ4v) is 3.03. The number of hydrogen-bond donors (Lipinski definition) is 1. The molecule has 1 aliphatic heterocycles. The first-order valence-corrected chi connectivity index (χ1v) is 8.27. The van der Waals surface area contributed by atoms with Gasteiger partial charge in [0, 0.05) is 24.8 Å². The lowest BCUT2D eigenvalue weighted by Gasteiger charge is -2.31. The van der Waals surface area contributed by atoms with E-state index in [1.165, 1.54) is 12.8 Å². The zero-order valence-corrected chi connectivity index (χ0v) is 13.7. The highest BCUT2D eigenvalue weighted by Gasteiger charge is 2.17. The second-order valence-corrected chi connectivity index (χ2v) is 6.28. The quantitative estimate of drug-likeness (QED) is 0.699. The number of hydrogen-bond acceptors (Lipinski definition) is 2. The summed E-state index contributed by atoms with van der Waals surface area (Å²) in [6, 6.07) is 14.3. The minimum Gasteiger partial charge on any atom is -0.370 e. The van der Waals surface area contributed by atoms with Gasteiger partial charge in [-0.05, 0) is 42.5 Å². The summed E-state index contributed by atoms with van der Waals surface area (Å²) in [5.41, 5.74) is 9.42. The highest BCUT2D eigenvalue weighted by atomic mass is 15.3. The Bertz CT molecular complexity index is 666. The van der Waals surface area contributed by atoms with Gasteiger partial charge in [0.05, 0.1) is 12.2 Å². The fourth-order valence-electron chi connectivity index (χ4n) is 3.03. The molecule has 2 heterocycles. The number of pyridine rings is 1. The van der Waals surface area contributed by atoms with Crippen molar-refractivity contribution >= 4 is 5.96 Å². The Balaban J connectivity index is 1.69. The van der Waals surface area contributed by atoms with Gasteiger partial charge >= 0.3 is 0 Å². The summed E-state index contributed by atoms with van der Waals surface area (Å²) < 4.78 is 0. The van der Waals surface area contributed by atoms with Gasteiger partial charge in [0.2, 0.25) is 0 Å². The predicted molar refractivity (Wildman–Crippen MR) is 95.0 cm³/mol. The summed E-state index contributed by atoms with van der Waals surface area (Å²) in [5, 5.41) is 0. The summed E-state index contributed by atoms with van der Waals surface area (Å²) in [7, 11) is 0. The van der Waals surface area contributed by atoms with Crippen LogP contribution in [-0.4, -0.2) is 28.9 Å². The van der Waals surface area contributed by atoms with Crippen molar-refractivity contribution < 1.29 is 0 Å². The van der Waals surface area contributed by atoms with Crippen LogP contribution in [0, 0.1) is 5.92 Å². The molecule has 1 aromatic heterocycles. The maximum Gasteiger partial charge on any atom is 0.191 e. The van der Waals surface area contributed by atoms with Crippen LogP contribution in [0.2, 0.25) is 0 Å². The Kier molecular flexibility index (Phi) is 4.91. The number of nitrogens with two attached hydrogens (primary N) is 1. The first kappa shape index (κ1) is 15.5. The highest BCUT2D eigenvalue weighted by molar-refractivity contribution is 5.78. The molecule has 4 heteroatoms. The van der Waals surface area contributed by atoms with Gasteiger partial charge in [-0.15, -0.1) is 0 Å². The van der Waals surface area contributed by atoms with E-state index in [0.717, 1.165) is 29.9 Å². The van der Waals surface area contributed by atoms with Crippen LogP contribution in [0.3, 0.4) is 0 Å². The first-order valence-electron chi connectivity index (χ1n) is 8.27. The molecule has 1 aliphatic rings. The summed E-state index contributed by atoms with van der Waals surface area (Å²) in [5.74, 6) is 1.37. The molecule has 0 aliphatic carbocycles. The molecule has 1 atom stereocenters. The van der Waals surface area contributed by atoms with Crippen molar-refractivity contribution in [2.45, 2.75) is 26.3 Å². The third-order valence-electron chi connectivity index (χ3n) is 4.29. The van der Waals surface area contributed by atoms with Crippen molar-refractivity contribution in [1.82, 2.24) is 9.88 Å². The lowest BCUT2D eigenvalue weighted by molar-refractivity contribution is 0.270. The van der Waals surface area contributed by atoms with Gasteiger partial charge in [-0.2, -0.15) is 0 Å². The Morgan fingerprint density at radius 2 is 2.22 bits per heavy atom. The van der Waals surface area contributed by atoms with E-state index in [4.69, 9.17) is 5.73 Å². The van der Waals surface area contributed by atoms with Crippen molar-refractivity contribution in [3.05, 3.63) is 54.2 Å². The average Bonchev–Trinajstić information content (AvgIpc) is 2.61. The van der Waals surface area contributed by atoms with Gasteiger partial charge in [-0.1, -0.05) is 31.2 Å². The van der Waals surface area contributed by atoms with Gasteiger partial charge in [0.25, 0.3) is 0 Å². The van der Waals surface area contributed by atoms with E-state index >= 15 is 0 Å². The summed E-state index contributed by atoms with van der Waals surface area (Å²) >= 11 is 0. The topological polar surface area (TPSA) is 54.5 Å². The van der Waals surface area contributed by atoms with Gasteiger partial charge in [-0.25, -0.2) is 4.99 Å². The van der Waals surface area contributed by atoms with Crippen molar-refractivity contribution in [2.24, 2.45) is 16.6 Å². The molecular formula is C19H24N4. The van der Waals surface area contributed by atoms with E-state index in [1.807, 2.05) is 30.5 Å². The van der Waals surface area contributed by atoms with Crippen LogP contribution in [0.15, 0.2) is 53.7 Å². The van der Waals surface area contributed by atoms with E-state index < -0.39 is 0 Å². The van der Waals surface area contributed by atoms with Crippen LogP contribution in [0.1, 0.15) is 25.3 Å². The summed E-state index contributed by atoms with van der Waals surface area (Å²) in [6.07, 6.45) is 4.30. The van der Waals surface area contributed by atoms with Crippen molar-refractivity contribution in [3.8, 4) is 11.3 Å². The Labute approximate surface area is 138 Å². The van der Waals surface area contributed by atoms with E-state index in [2.05, 4.69) is 40.0 Å². The number of guanidine groups is 1. The van der Waals surface area contributed by atoms with Crippen LogP contribution in [0.25, 0.3) is 11.3 Å². The molecule has 1 unspecified atom stereocenters. The molecule has 1 aromatic carbocycles. The van der Waals surface area contributed by atoms with Gasteiger partial charge < -0.3 is 10.6 Å². The molecule has 3 rings (SSSR count). The van der Waals surface area contributed by atoms with Crippen LogP contribution in [-0.2, 0) is 6.54 Å². The number of nitrogens with zero attached hydrogens (tertiary/aromatic N) is 3. The summed E-state index contributed by atoms with van der Waals surface area (Å²) in [6.45, 7) is 4.92.